The Balaban J connectivity index is 1.15. The Bertz CT molecular complexity index is 2870. The zero-order valence-electron chi connectivity index (χ0n) is 28.4. The van der Waals surface area contributed by atoms with Crippen LogP contribution in [-0.4, -0.2) is 0 Å². The van der Waals surface area contributed by atoms with Crippen molar-refractivity contribution >= 4 is 60.5 Å². The lowest BCUT2D eigenvalue weighted by atomic mass is 9.92. The molecule has 0 spiro atoms. The van der Waals surface area contributed by atoms with Crippen LogP contribution in [0.4, 0.5) is 17.1 Å². The van der Waals surface area contributed by atoms with E-state index in [0.717, 1.165) is 44.4 Å². The number of rotatable bonds is 6. The molecule has 0 aliphatic heterocycles. The highest BCUT2D eigenvalue weighted by molar-refractivity contribution is 6.23. The topological polar surface area (TPSA) is 16.4 Å². The third-order valence-corrected chi connectivity index (χ3v) is 10.3. The predicted octanol–water partition coefficient (Wildman–Crippen LogP) is 14.4. The maximum atomic E-state index is 6.80. The minimum absolute atomic E-state index is 0.865. The fourth-order valence-electron chi connectivity index (χ4n) is 7.79. The van der Waals surface area contributed by atoms with E-state index in [1.54, 1.807) is 0 Å². The Kier molecular flexibility index (Phi) is 7.18. The van der Waals surface area contributed by atoms with E-state index in [1.807, 2.05) is 0 Å². The first kappa shape index (κ1) is 30.0. The summed E-state index contributed by atoms with van der Waals surface area (Å²) in [6.45, 7) is 0. The van der Waals surface area contributed by atoms with Gasteiger partial charge in [-0.3, -0.25) is 0 Å². The van der Waals surface area contributed by atoms with Gasteiger partial charge in [0.1, 0.15) is 11.2 Å². The summed E-state index contributed by atoms with van der Waals surface area (Å²) in [7, 11) is 0. The van der Waals surface area contributed by atoms with Crippen LogP contribution in [0.1, 0.15) is 0 Å². The van der Waals surface area contributed by atoms with Gasteiger partial charge in [-0.2, -0.15) is 0 Å². The van der Waals surface area contributed by atoms with Crippen molar-refractivity contribution in [2.45, 2.75) is 0 Å². The lowest BCUT2D eigenvalue weighted by Crippen LogP contribution is -2.10. The maximum absolute atomic E-state index is 6.80. The average molecular weight is 664 g/mol. The van der Waals surface area contributed by atoms with Crippen LogP contribution in [0.5, 0.6) is 0 Å². The van der Waals surface area contributed by atoms with Gasteiger partial charge >= 0.3 is 0 Å². The van der Waals surface area contributed by atoms with Gasteiger partial charge in [-0.05, 0) is 92.0 Å². The summed E-state index contributed by atoms with van der Waals surface area (Å²) in [4.78, 5) is 2.35. The van der Waals surface area contributed by atoms with Crippen molar-refractivity contribution in [3.05, 3.63) is 200 Å². The first-order valence-corrected chi connectivity index (χ1v) is 17.8. The van der Waals surface area contributed by atoms with Gasteiger partial charge in [0.25, 0.3) is 0 Å². The number of benzene rings is 9. The normalized spacial score (nSPS) is 11.5. The van der Waals surface area contributed by atoms with Gasteiger partial charge in [0.15, 0.2) is 0 Å². The number of hydrogen-bond donors (Lipinski definition) is 0. The van der Waals surface area contributed by atoms with Crippen molar-refractivity contribution in [1.82, 2.24) is 0 Å². The standard InChI is InChI=1S/C50H33NO/c1-3-13-34(14-4-1)35-25-27-36(28-26-35)37-29-31-40(32-30-37)51(39-17-5-2-6-18-39)47-23-12-24-48-49(47)46-33-45(43-20-9-10-21-44(43)50(46)52-48)42-22-11-16-38-15-7-8-19-41(38)42/h1-33H. The van der Waals surface area contributed by atoms with E-state index in [4.69, 9.17) is 4.42 Å². The molecular formula is C50H33NO. The van der Waals surface area contributed by atoms with Crippen molar-refractivity contribution < 1.29 is 4.42 Å². The molecule has 10 rings (SSSR count). The minimum atomic E-state index is 0.865. The molecule has 0 saturated heterocycles. The molecule has 244 valence electrons. The van der Waals surface area contributed by atoms with Crippen molar-refractivity contribution in [3.63, 3.8) is 0 Å². The second-order valence-electron chi connectivity index (χ2n) is 13.3. The van der Waals surface area contributed by atoms with E-state index in [0.29, 0.717) is 0 Å². The smallest absolute Gasteiger partial charge is 0.143 e. The number of fused-ring (bicyclic) bond motifs is 6. The van der Waals surface area contributed by atoms with Crippen LogP contribution < -0.4 is 4.90 Å². The number of nitrogens with zero attached hydrogens (tertiary/aromatic N) is 1. The number of anilines is 3. The monoisotopic (exact) mass is 663 g/mol. The summed E-state index contributed by atoms with van der Waals surface area (Å²) in [5, 5.41) is 6.95. The molecule has 0 unspecified atom stereocenters. The number of furan rings is 1. The molecule has 1 aromatic heterocycles. The third kappa shape index (κ3) is 5.04. The van der Waals surface area contributed by atoms with E-state index < -0.39 is 0 Å². The second kappa shape index (κ2) is 12.5. The Hall–Kier alpha value is -6.90. The Morgan fingerprint density at radius 2 is 0.885 bits per heavy atom. The van der Waals surface area contributed by atoms with Crippen LogP contribution in [-0.2, 0) is 0 Å². The Morgan fingerprint density at radius 1 is 0.346 bits per heavy atom. The molecule has 10 aromatic rings. The van der Waals surface area contributed by atoms with Gasteiger partial charge in [-0.15, -0.1) is 0 Å². The van der Waals surface area contributed by atoms with Gasteiger partial charge in [0.05, 0.1) is 11.1 Å². The molecule has 0 amide bonds. The highest BCUT2D eigenvalue weighted by Crippen LogP contribution is 2.47. The summed E-state index contributed by atoms with van der Waals surface area (Å²) in [5.74, 6) is 0. The zero-order chi connectivity index (χ0) is 34.4. The quantitative estimate of drug-likeness (QED) is 0.176. The van der Waals surface area contributed by atoms with Gasteiger partial charge in [0.2, 0.25) is 0 Å². The zero-order valence-corrected chi connectivity index (χ0v) is 28.4. The lowest BCUT2D eigenvalue weighted by molar-refractivity contribution is 0.672. The summed E-state index contributed by atoms with van der Waals surface area (Å²) in [6.07, 6.45) is 0. The molecule has 0 aliphatic rings. The number of para-hydroxylation sites is 1. The summed E-state index contributed by atoms with van der Waals surface area (Å²) >= 11 is 0. The van der Waals surface area contributed by atoms with Gasteiger partial charge in [0, 0.05) is 22.1 Å². The van der Waals surface area contributed by atoms with E-state index in [9.17, 15) is 0 Å². The fraction of sp³-hybridized carbons (Fsp3) is 0. The van der Waals surface area contributed by atoms with Crippen molar-refractivity contribution in [2.24, 2.45) is 0 Å². The van der Waals surface area contributed by atoms with Gasteiger partial charge in [-0.25, -0.2) is 0 Å². The van der Waals surface area contributed by atoms with Crippen LogP contribution in [0.25, 0.3) is 76.9 Å². The summed E-state index contributed by atoms with van der Waals surface area (Å²) in [5.41, 5.74) is 12.2. The Labute approximate surface area is 302 Å². The molecular weight excluding hydrogens is 631 g/mol. The molecule has 52 heavy (non-hydrogen) atoms. The molecule has 1 heterocycles. The maximum Gasteiger partial charge on any atom is 0.143 e. The molecule has 0 aliphatic carbocycles. The first-order valence-electron chi connectivity index (χ1n) is 17.8. The van der Waals surface area contributed by atoms with E-state index in [-0.39, 0.29) is 0 Å². The van der Waals surface area contributed by atoms with E-state index >= 15 is 0 Å². The summed E-state index contributed by atoms with van der Waals surface area (Å²) in [6, 6.07) is 71.5. The van der Waals surface area contributed by atoms with E-state index in [1.165, 1.54) is 49.5 Å². The SMILES string of the molecule is c1ccc(-c2ccc(-c3ccc(N(c4ccccc4)c4cccc5oc6c7ccccc7c(-c7cccc8ccccc78)cc6c45)cc3)cc2)cc1. The largest absolute Gasteiger partial charge is 0.455 e. The van der Waals surface area contributed by atoms with Gasteiger partial charge < -0.3 is 9.32 Å². The van der Waals surface area contributed by atoms with Crippen LogP contribution in [0, 0.1) is 0 Å². The molecule has 0 N–H and O–H groups in total. The van der Waals surface area contributed by atoms with E-state index in [2.05, 4.69) is 205 Å². The number of hydrogen-bond acceptors (Lipinski definition) is 2. The van der Waals surface area contributed by atoms with Crippen LogP contribution in [0.3, 0.4) is 0 Å². The predicted molar refractivity (Wildman–Crippen MR) is 220 cm³/mol. The molecule has 2 heteroatoms. The van der Waals surface area contributed by atoms with Crippen LogP contribution in [0.2, 0.25) is 0 Å². The van der Waals surface area contributed by atoms with Crippen molar-refractivity contribution in [3.8, 4) is 33.4 Å². The lowest BCUT2D eigenvalue weighted by Gasteiger charge is -2.26. The molecule has 0 fully saturated rings. The van der Waals surface area contributed by atoms with Crippen LogP contribution >= 0.6 is 0 Å². The fourth-order valence-corrected chi connectivity index (χ4v) is 7.79. The average Bonchev–Trinajstić information content (AvgIpc) is 3.61. The molecule has 9 aromatic carbocycles. The Morgan fingerprint density at radius 3 is 1.62 bits per heavy atom. The third-order valence-electron chi connectivity index (χ3n) is 10.3. The molecule has 0 atom stereocenters. The highest BCUT2D eigenvalue weighted by atomic mass is 16.3. The highest BCUT2D eigenvalue weighted by Gasteiger charge is 2.22. The van der Waals surface area contributed by atoms with Crippen molar-refractivity contribution in [1.29, 1.82) is 0 Å². The first-order chi connectivity index (χ1) is 25.8. The van der Waals surface area contributed by atoms with Crippen LogP contribution in [0.15, 0.2) is 205 Å². The minimum Gasteiger partial charge on any atom is -0.455 e. The molecule has 2 nitrogen and oxygen atoms in total. The van der Waals surface area contributed by atoms with Gasteiger partial charge in [-0.1, -0.05) is 158 Å². The molecule has 0 radical (unpaired) electrons. The second-order valence-corrected chi connectivity index (χ2v) is 13.3. The molecule has 0 bridgehead atoms. The van der Waals surface area contributed by atoms with Crippen molar-refractivity contribution in [2.75, 3.05) is 4.90 Å². The molecule has 0 saturated carbocycles. The summed E-state index contributed by atoms with van der Waals surface area (Å²) < 4.78 is 6.80.